The van der Waals surface area contributed by atoms with Gasteiger partial charge in [0.25, 0.3) is 0 Å². The van der Waals surface area contributed by atoms with Crippen LogP contribution in [0.5, 0.6) is 0 Å². The highest BCUT2D eigenvalue weighted by atomic mass is 35.5. The lowest BCUT2D eigenvalue weighted by atomic mass is 9.82. The SMILES string of the molecule is O=[N+]([O-])c1cnn(CC2(O)CCC(NCl)CC2)c1. The summed E-state index contributed by atoms with van der Waals surface area (Å²) in [5.74, 6) is 0. The van der Waals surface area contributed by atoms with Crippen molar-refractivity contribution in [3.8, 4) is 0 Å². The van der Waals surface area contributed by atoms with E-state index < -0.39 is 10.5 Å². The quantitative estimate of drug-likeness (QED) is 0.489. The molecule has 18 heavy (non-hydrogen) atoms. The van der Waals surface area contributed by atoms with E-state index in [1.165, 1.54) is 17.1 Å². The Morgan fingerprint density at radius 2 is 2.33 bits per heavy atom. The molecule has 8 heteroatoms. The first-order valence-electron chi connectivity index (χ1n) is 5.78. The second kappa shape index (κ2) is 5.21. The summed E-state index contributed by atoms with van der Waals surface area (Å²) in [5, 5.41) is 24.8. The van der Waals surface area contributed by atoms with Gasteiger partial charge in [0.15, 0.2) is 0 Å². The minimum atomic E-state index is -0.857. The third-order valence-electron chi connectivity index (χ3n) is 3.36. The van der Waals surface area contributed by atoms with Crippen molar-refractivity contribution in [2.24, 2.45) is 0 Å². The number of hydrogen-bond donors (Lipinski definition) is 2. The third kappa shape index (κ3) is 2.98. The van der Waals surface area contributed by atoms with E-state index in [0.29, 0.717) is 12.8 Å². The predicted molar refractivity (Wildman–Crippen MR) is 65.1 cm³/mol. The number of hydrogen-bond acceptors (Lipinski definition) is 5. The first-order valence-corrected chi connectivity index (χ1v) is 6.16. The van der Waals surface area contributed by atoms with E-state index in [9.17, 15) is 15.2 Å². The van der Waals surface area contributed by atoms with E-state index in [-0.39, 0.29) is 18.3 Å². The smallest absolute Gasteiger partial charge is 0.306 e. The summed E-state index contributed by atoms with van der Waals surface area (Å²) in [6, 6.07) is 0.221. The van der Waals surface area contributed by atoms with Crippen molar-refractivity contribution in [3.05, 3.63) is 22.5 Å². The molecule has 0 radical (unpaired) electrons. The van der Waals surface area contributed by atoms with Gasteiger partial charge >= 0.3 is 5.69 Å². The molecule has 0 unspecified atom stereocenters. The zero-order valence-corrected chi connectivity index (χ0v) is 10.5. The van der Waals surface area contributed by atoms with Gasteiger partial charge < -0.3 is 5.11 Å². The lowest BCUT2D eigenvalue weighted by molar-refractivity contribution is -0.385. The average molecular weight is 275 g/mol. The maximum absolute atomic E-state index is 10.5. The highest BCUT2D eigenvalue weighted by Gasteiger charge is 2.33. The molecule has 0 saturated heterocycles. The van der Waals surface area contributed by atoms with Gasteiger partial charge in [-0.2, -0.15) is 5.10 Å². The summed E-state index contributed by atoms with van der Waals surface area (Å²) in [4.78, 5) is 12.7. The first kappa shape index (κ1) is 13.3. The molecular formula is C10H15ClN4O3. The fraction of sp³-hybridized carbons (Fsp3) is 0.700. The van der Waals surface area contributed by atoms with Crippen molar-refractivity contribution in [1.82, 2.24) is 14.6 Å². The molecule has 0 spiro atoms. The topological polar surface area (TPSA) is 93.2 Å². The Bertz CT molecular complexity index is 429. The number of halogens is 1. The molecule has 0 atom stereocenters. The molecule has 1 aliphatic carbocycles. The van der Waals surface area contributed by atoms with Gasteiger partial charge in [-0.25, -0.2) is 4.84 Å². The van der Waals surface area contributed by atoms with Crippen molar-refractivity contribution >= 4 is 17.5 Å². The molecule has 7 nitrogen and oxygen atoms in total. The largest absolute Gasteiger partial charge is 0.388 e. The van der Waals surface area contributed by atoms with E-state index in [1.54, 1.807) is 0 Å². The third-order valence-corrected chi connectivity index (χ3v) is 3.67. The number of nitro groups is 1. The van der Waals surface area contributed by atoms with Crippen LogP contribution in [0, 0.1) is 10.1 Å². The van der Waals surface area contributed by atoms with Gasteiger partial charge in [0.05, 0.1) is 17.1 Å². The van der Waals surface area contributed by atoms with Gasteiger partial charge in [-0.15, -0.1) is 0 Å². The molecule has 1 saturated carbocycles. The van der Waals surface area contributed by atoms with Crippen molar-refractivity contribution in [2.45, 2.75) is 43.9 Å². The second-order valence-electron chi connectivity index (χ2n) is 4.76. The zero-order chi connectivity index (χ0) is 13.2. The maximum atomic E-state index is 10.5. The average Bonchev–Trinajstić information content (AvgIpc) is 2.78. The molecule has 1 aliphatic rings. The van der Waals surface area contributed by atoms with E-state index >= 15 is 0 Å². The Hall–Kier alpha value is -1.18. The van der Waals surface area contributed by atoms with Crippen LogP contribution in [0.25, 0.3) is 0 Å². The van der Waals surface area contributed by atoms with Crippen LogP contribution in [0.4, 0.5) is 5.69 Å². The standard InChI is InChI=1S/C10H15ClN4O3/c11-13-8-1-3-10(16,4-2-8)7-14-6-9(5-12-14)15(17)18/h5-6,8,13,16H,1-4,7H2. The van der Waals surface area contributed by atoms with Crippen LogP contribution in [0.1, 0.15) is 25.7 Å². The molecule has 1 aromatic heterocycles. The molecule has 2 N–H and O–H groups in total. The van der Waals surface area contributed by atoms with E-state index in [2.05, 4.69) is 9.93 Å². The fourth-order valence-electron chi connectivity index (χ4n) is 2.26. The van der Waals surface area contributed by atoms with Crippen LogP contribution in [0.2, 0.25) is 0 Å². The Labute approximate surface area is 109 Å². The summed E-state index contributed by atoms with van der Waals surface area (Å²) in [7, 11) is 0. The van der Waals surface area contributed by atoms with E-state index in [0.717, 1.165) is 12.8 Å². The monoisotopic (exact) mass is 274 g/mol. The zero-order valence-electron chi connectivity index (χ0n) is 9.75. The molecule has 2 rings (SSSR count). The van der Waals surface area contributed by atoms with Gasteiger partial charge in [0.2, 0.25) is 0 Å². The Kier molecular flexibility index (Phi) is 3.84. The van der Waals surface area contributed by atoms with Crippen LogP contribution in [0.3, 0.4) is 0 Å². The van der Waals surface area contributed by atoms with Crippen molar-refractivity contribution in [1.29, 1.82) is 0 Å². The van der Waals surface area contributed by atoms with Gasteiger partial charge in [-0.1, -0.05) is 0 Å². The number of nitrogens with zero attached hydrogens (tertiary/aromatic N) is 3. The van der Waals surface area contributed by atoms with Crippen LogP contribution in [-0.2, 0) is 6.54 Å². The van der Waals surface area contributed by atoms with Crippen molar-refractivity contribution < 1.29 is 10.0 Å². The molecule has 1 heterocycles. The predicted octanol–water partition coefficient (Wildman–Crippen LogP) is 1.21. The van der Waals surface area contributed by atoms with Gasteiger partial charge in [0, 0.05) is 6.04 Å². The maximum Gasteiger partial charge on any atom is 0.306 e. The van der Waals surface area contributed by atoms with Crippen molar-refractivity contribution in [2.75, 3.05) is 0 Å². The fourth-order valence-corrected chi connectivity index (χ4v) is 2.48. The van der Waals surface area contributed by atoms with Crippen LogP contribution in [-0.4, -0.2) is 31.5 Å². The van der Waals surface area contributed by atoms with Crippen LogP contribution >= 0.6 is 11.8 Å². The first-order chi connectivity index (χ1) is 8.52. The molecule has 0 bridgehead atoms. The summed E-state index contributed by atoms with van der Waals surface area (Å²) in [6.07, 6.45) is 5.29. The number of aliphatic hydroxyl groups is 1. The summed E-state index contributed by atoms with van der Waals surface area (Å²) in [6.45, 7) is 0.274. The highest BCUT2D eigenvalue weighted by Crippen LogP contribution is 2.30. The summed E-state index contributed by atoms with van der Waals surface area (Å²) < 4.78 is 1.42. The second-order valence-corrected chi connectivity index (χ2v) is 4.98. The van der Waals surface area contributed by atoms with Crippen LogP contribution in [0.15, 0.2) is 12.4 Å². The minimum Gasteiger partial charge on any atom is -0.388 e. The number of aromatic nitrogens is 2. The Morgan fingerprint density at radius 3 is 2.83 bits per heavy atom. The molecule has 0 aromatic carbocycles. The Balaban J connectivity index is 1.97. The highest BCUT2D eigenvalue weighted by molar-refractivity contribution is 6.13. The van der Waals surface area contributed by atoms with Gasteiger partial charge in [-0.3, -0.25) is 14.8 Å². The molecule has 1 aromatic rings. The molecule has 0 amide bonds. The normalized spacial score (nSPS) is 28.2. The minimum absolute atomic E-state index is 0.0605. The summed E-state index contributed by atoms with van der Waals surface area (Å²) >= 11 is 5.55. The van der Waals surface area contributed by atoms with E-state index in [4.69, 9.17) is 11.8 Å². The van der Waals surface area contributed by atoms with Crippen molar-refractivity contribution in [3.63, 3.8) is 0 Å². The number of rotatable bonds is 4. The van der Waals surface area contributed by atoms with E-state index in [1.807, 2.05) is 0 Å². The molecule has 0 aliphatic heterocycles. The molecular weight excluding hydrogens is 260 g/mol. The lowest BCUT2D eigenvalue weighted by Gasteiger charge is -2.35. The van der Waals surface area contributed by atoms with Gasteiger partial charge in [-0.05, 0) is 37.5 Å². The lowest BCUT2D eigenvalue weighted by Crippen LogP contribution is -2.42. The molecule has 100 valence electrons. The number of nitrogens with one attached hydrogen (secondary N) is 1. The van der Waals surface area contributed by atoms with Gasteiger partial charge in [0.1, 0.15) is 12.4 Å². The molecule has 1 fully saturated rings. The summed E-state index contributed by atoms with van der Waals surface area (Å²) in [5.41, 5.74) is -0.917. The van der Waals surface area contributed by atoms with Crippen LogP contribution < -0.4 is 4.84 Å². The Morgan fingerprint density at radius 1 is 1.67 bits per heavy atom.